The lowest BCUT2D eigenvalue weighted by atomic mass is 10.2. The number of nitrogens with one attached hydrogen (secondary N) is 1. The van der Waals surface area contributed by atoms with E-state index >= 15 is 0 Å². The van der Waals surface area contributed by atoms with Gasteiger partial charge in [0.2, 0.25) is 0 Å². The molecule has 0 spiro atoms. The molecule has 2 rings (SSSR count). The molecule has 0 radical (unpaired) electrons. The van der Waals surface area contributed by atoms with Crippen LogP contribution in [0.3, 0.4) is 0 Å². The van der Waals surface area contributed by atoms with Crippen LogP contribution in [0, 0.1) is 0 Å². The average Bonchev–Trinajstić information content (AvgIpc) is 2.31. The predicted molar refractivity (Wildman–Crippen MR) is 64.1 cm³/mol. The van der Waals surface area contributed by atoms with E-state index in [1.807, 2.05) is 12.1 Å². The highest BCUT2D eigenvalue weighted by molar-refractivity contribution is 5.45. The van der Waals surface area contributed by atoms with E-state index in [0.717, 1.165) is 38.3 Å². The van der Waals surface area contributed by atoms with Crippen molar-refractivity contribution in [3.8, 4) is 0 Å². The van der Waals surface area contributed by atoms with Gasteiger partial charge in [0.05, 0.1) is 5.56 Å². The number of hydrogen-bond donors (Lipinski definition) is 1. The van der Waals surface area contributed by atoms with Crippen LogP contribution in [0.4, 0.5) is 18.9 Å². The minimum absolute atomic E-state index is 0.481. The molecule has 0 atom stereocenters. The quantitative estimate of drug-likeness (QED) is 0.879. The van der Waals surface area contributed by atoms with Crippen molar-refractivity contribution >= 4 is 5.69 Å². The van der Waals surface area contributed by atoms with E-state index in [1.165, 1.54) is 6.07 Å². The first kappa shape index (κ1) is 13.2. The zero-order valence-corrected chi connectivity index (χ0v) is 10.2. The molecular weight excluding hydrogens is 243 g/mol. The van der Waals surface area contributed by atoms with E-state index in [9.17, 15) is 13.2 Å². The molecule has 1 aromatic rings. The lowest BCUT2D eigenvalue weighted by Crippen LogP contribution is -2.46. The van der Waals surface area contributed by atoms with Crippen molar-refractivity contribution < 1.29 is 13.2 Å². The number of halogens is 3. The minimum atomic E-state index is -4.29. The van der Waals surface area contributed by atoms with Crippen molar-refractivity contribution in [2.45, 2.75) is 6.18 Å². The molecular formula is C12H16F3N3. The van der Waals surface area contributed by atoms with Crippen molar-refractivity contribution in [2.24, 2.45) is 0 Å². The number of nitrogens with zero attached hydrogens (tertiary/aromatic N) is 2. The second-order valence-electron chi connectivity index (χ2n) is 4.48. The Balaban J connectivity index is 2.01. The normalized spacial score (nSPS) is 18.9. The molecule has 0 aromatic heterocycles. The van der Waals surface area contributed by atoms with Crippen molar-refractivity contribution in [1.82, 2.24) is 9.91 Å². The van der Waals surface area contributed by atoms with Gasteiger partial charge in [-0.2, -0.15) is 13.2 Å². The summed E-state index contributed by atoms with van der Waals surface area (Å²) in [5.74, 6) is 0. The van der Waals surface area contributed by atoms with Gasteiger partial charge in [-0.1, -0.05) is 6.07 Å². The van der Waals surface area contributed by atoms with Gasteiger partial charge in [0, 0.05) is 31.9 Å². The second-order valence-corrected chi connectivity index (χ2v) is 4.48. The van der Waals surface area contributed by atoms with Gasteiger partial charge >= 0.3 is 6.18 Å². The van der Waals surface area contributed by atoms with Crippen LogP contribution in [0.25, 0.3) is 0 Å². The zero-order valence-electron chi connectivity index (χ0n) is 10.2. The van der Waals surface area contributed by atoms with Gasteiger partial charge in [-0.3, -0.25) is 0 Å². The SMILES string of the molecule is CN1CCN(Nc2cccc(C(F)(F)F)c2)CC1. The summed E-state index contributed by atoms with van der Waals surface area (Å²) in [5.41, 5.74) is 2.88. The summed E-state index contributed by atoms with van der Waals surface area (Å²) in [7, 11) is 2.03. The highest BCUT2D eigenvalue weighted by Crippen LogP contribution is 2.30. The molecule has 1 aliphatic rings. The molecule has 6 heteroatoms. The van der Waals surface area contributed by atoms with Crippen LogP contribution >= 0.6 is 0 Å². The average molecular weight is 259 g/mol. The first-order valence-corrected chi connectivity index (χ1v) is 5.82. The Morgan fingerprint density at radius 1 is 1.11 bits per heavy atom. The summed E-state index contributed by atoms with van der Waals surface area (Å²) < 4.78 is 37.6. The summed E-state index contributed by atoms with van der Waals surface area (Å²) in [6, 6.07) is 5.28. The van der Waals surface area contributed by atoms with E-state index in [4.69, 9.17) is 0 Å². The highest BCUT2D eigenvalue weighted by Gasteiger charge is 2.30. The van der Waals surface area contributed by atoms with Crippen LogP contribution in [0.15, 0.2) is 24.3 Å². The third kappa shape index (κ3) is 3.36. The number of likely N-dealkylation sites (N-methyl/N-ethyl adjacent to an activating group) is 1. The number of rotatable bonds is 2. The van der Waals surface area contributed by atoms with Crippen molar-refractivity contribution in [3.05, 3.63) is 29.8 Å². The van der Waals surface area contributed by atoms with E-state index in [-0.39, 0.29) is 0 Å². The Kier molecular flexibility index (Phi) is 3.77. The van der Waals surface area contributed by atoms with Crippen molar-refractivity contribution in [1.29, 1.82) is 0 Å². The second kappa shape index (κ2) is 5.16. The number of benzene rings is 1. The molecule has 0 aliphatic carbocycles. The molecule has 1 heterocycles. The molecule has 3 nitrogen and oxygen atoms in total. The van der Waals surface area contributed by atoms with Gasteiger partial charge in [-0.15, -0.1) is 0 Å². The summed E-state index contributed by atoms with van der Waals surface area (Å²) in [4.78, 5) is 2.18. The fourth-order valence-electron chi connectivity index (χ4n) is 1.87. The lowest BCUT2D eigenvalue weighted by Gasteiger charge is -2.33. The monoisotopic (exact) mass is 259 g/mol. The van der Waals surface area contributed by atoms with Crippen molar-refractivity contribution in [2.75, 3.05) is 38.7 Å². The summed E-state index contributed by atoms with van der Waals surface area (Å²) in [6.45, 7) is 3.41. The number of hydrogen-bond acceptors (Lipinski definition) is 3. The molecule has 1 aliphatic heterocycles. The first-order valence-electron chi connectivity index (χ1n) is 5.82. The summed E-state index contributed by atoms with van der Waals surface area (Å²) >= 11 is 0. The molecule has 18 heavy (non-hydrogen) atoms. The van der Waals surface area contributed by atoms with Crippen molar-refractivity contribution in [3.63, 3.8) is 0 Å². The van der Waals surface area contributed by atoms with Gasteiger partial charge in [0.15, 0.2) is 0 Å². The summed E-state index contributed by atoms with van der Waals surface area (Å²) in [5, 5.41) is 1.94. The summed E-state index contributed by atoms with van der Waals surface area (Å²) in [6.07, 6.45) is -4.29. The third-order valence-corrected chi connectivity index (χ3v) is 2.98. The fraction of sp³-hybridized carbons (Fsp3) is 0.500. The largest absolute Gasteiger partial charge is 0.416 e. The van der Waals surface area contributed by atoms with Crippen LogP contribution in [-0.4, -0.2) is 43.1 Å². The minimum Gasteiger partial charge on any atom is -0.319 e. The van der Waals surface area contributed by atoms with E-state index < -0.39 is 11.7 Å². The maximum absolute atomic E-state index is 12.5. The smallest absolute Gasteiger partial charge is 0.319 e. The topological polar surface area (TPSA) is 18.5 Å². The number of alkyl halides is 3. The predicted octanol–water partition coefficient (Wildman–Crippen LogP) is 2.28. The third-order valence-electron chi connectivity index (χ3n) is 2.98. The molecule has 1 fully saturated rings. The molecule has 0 saturated carbocycles. The van der Waals surface area contributed by atoms with Crippen LogP contribution < -0.4 is 5.43 Å². The van der Waals surface area contributed by atoms with E-state index in [2.05, 4.69) is 10.3 Å². The number of anilines is 1. The van der Waals surface area contributed by atoms with Crippen LogP contribution in [0.2, 0.25) is 0 Å². The number of piperazine rings is 1. The van der Waals surface area contributed by atoms with E-state index in [1.54, 1.807) is 6.07 Å². The highest BCUT2D eigenvalue weighted by atomic mass is 19.4. The van der Waals surface area contributed by atoms with Gasteiger partial charge in [0.25, 0.3) is 0 Å². The Labute approximate surface area is 104 Å². The molecule has 1 aromatic carbocycles. The fourth-order valence-corrected chi connectivity index (χ4v) is 1.87. The number of hydrazine groups is 1. The van der Waals surface area contributed by atoms with Crippen LogP contribution in [0.5, 0.6) is 0 Å². The molecule has 0 amide bonds. The Morgan fingerprint density at radius 3 is 2.39 bits per heavy atom. The Hall–Kier alpha value is -1.27. The van der Waals surface area contributed by atoms with Gasteiger partial charge in [-0.25, -0.2) is 5.01 Å². The van der Waals surface area contributed by atoms with Gasteiger partial charge < -0.3 is 10.3 Å². The van der Waals surface area contributed by atoms with Gasteiger partial charge in [0.1, 0.15) is 0 Å². The molecule has 0 bridgehead atoms. The Bertz CT molecular complexity index is 398. The maximum atomic E-state index is 12.5. The molecule has 0 unspecified atom stereocenters. The van der Waals surface area contributed by atoms with Crippen LogP contribution in [0.1, 0.15) is 5.56 Å². The first-order chi connectivity index (χ1) is 8.45. The lowest BCUT2D eigenvalue weighted by molar-refractivity contribution is -0.137. The molecule has 1 N–H and O–H groups in total. The Morgan fingerprint density at radius 2 is 1.78 bits per heavy atom. The zero-order chi connectivity index (χ0) is 13.2. The molecule has 1 saturated heterocycles. The van der Waals surface area contributed by atoms with Gasteiger partial charge in [-0.05, 0) is 25.2 Å². The van der Waals surface area contributed by atoms with Crippen LogP contribution in [-0.2, 0) is 6.18 Å². The van der Waals surface area contributed by atoms with E-state index in [0.29, 0.717) is 5.69 Å². The standard InChI is InChI=1S/C12H16F3N3/c1-17-5-7-18(8-6-17)16-11-4-2-3-10(9-11)12(13,14)15/h2-4,9,16H,5-8H2,1H3. The molecule has 100 valence electrons. The maximum Gasteiger partial charge on any atom is 0.416 e.